The second kappa shape index (κ2) is 5.32. The molecule has 0 radical (unpaired) electrons. The first-order valence-electron chi connectivity index (χ1n) is 7.63. The molecule has 0 bridgehead atoms. The number of nitrogens with zero attached hydrogens (tertiary/aromatic N) is 2. The van der Waals surface area contributed by atoms with E-state index < -0.39 is 0 Å². The van der Waals surface area contributed by atoms with Gasteiger partial charge < -0.3 is 5.73 Å². The Morgan fingerprint density at radius 1 is 1.15 bits per heavy atom. The molecule has 1 saturated carbocycles. The van der Waals surface area contributed by atoms with Crippen LogP contribution >= 0.6 is 11.3 Å². The molecule has 0 spiro atoms. The van der Waals surface area contributed by atoms with E-state index in [1.165, 1.54) is 42.5 Å². The summed E-state index contributed by atoms with van der Waals surface area (Å²) in [7, 11) is 0. The first-order chi connectivity index (χ1) is 9.60. The maximum absolute atomic E-state index is 6.19. The van der Waals surface area contributed by atoms with Crippen LogP contribution in [0.3, 0.4) is 0 Å². The van der Waals surface area contributed by atoms with E-state index in [4.69, 9.17) is 10.7 Å². The number of anilines is 1. The Morgan fingerprint density at radius 2 is 1.85 bits per heavy atom. The van der Waals surface area contributed by atoms with Crippen LogP contribution in [0.15, 0.2) is 0 Å². The lowest BCUT2D eigenvalue weighted by molar-refractivity contribution is 0.312. The lowest BCUT2D eigenvalue weighted by Gasteiger charge is -2.26. The molecule has 2 aromatic rings. The minimum atomic E-state index is 0.507. The second-order valence-corrected chi connectivity index (χ2v) is 7.26. The van der Waals surface area contributed by atoms with Crippen molar-refractivity contribution in [2.45, 2.75) is 58.8 Å². The van der Waals surface area contributed by atoms with Crippen LogP contribution in [0.5, 0.6) is 0 Å². The topological polar surface area (TPSA) is 51.8 Å². The summed E-state index contributed by atoms with van der Waals surface area (Å²) >= 11 is 1.75. The van der Waals surface area contributed by atoms with Gasteiger partial charge in [0.1, 0.15) is 16.5 Å². The van der Waals surface area contributed by atoms with E-state index in [0.29, 0.717) is 11.7 Å². The molecule has 0 amide bonds. The zero-order valence-corrected chi connectivity index (χ0v) is 13.4. The Labute approximate surface area is 124 Å². The van der Waals surface area contributed by atoms with Crippen LogP contribution in [-0.4, -0.2) is 9.97 Å². The molecule has 2 aromatic heterocycles. The van der Waals surface area contributed by atoms with Gasteiger partial charge in [-0.1, -0.05) is 13.3 Å². The smallest absolute Gasteiger partial charge is 0.136 e. The van der Waals surface area contributed by atoms with E-state index in [1.807, 2.05) is 0 Å². The van der Waals surface area contributed by atoms with Gasteiger partial charge in [0.05, 0.1) is 5.39 Å². The molecule has 0 saturated heterocycles. The number of hydrogen-bond acceptors (Lipinski definition) is 4. The normalized spacial score (nSPS) is 23.4. The number of aryl methyl sites for hydroxylation is 2. The van der Waals surface area contributed by atoms with Crippen LogP contribution in [0.2, 0.25) is 0 Å². The summed E-state index contributed by atoms with van der Waals surface area (Å²) in [4.78, 5) is 11.8. The highest BCUT2D eigenvalue weighted by atomic mass is 32.1. The van der Waals surface area contributed by atoms with Gasteiger partial charge in [0, 0.05) is 10.8 Å². The van der Waals surface area contributed by atoms with Gasteiger partial charge in [-0.2, -0.15) is 0 Å². The fourth-order valence-electron chi connectivity index (χ4n) is 3.31. The number of nitrogen functional groups attached to an aromatic ring is 1. The lowest BCUT2D eigenvalue weighted by atomic mass is 9.80. The van der Waals surface area contributed by atoms with E-state index in [1.54, 1.807) is 11.3 Å². The monoisotopic (exact) mass is 289 g/mol. The quantitative estimate of drug-likeness (QED) is 0.880. The van der Waals surface area contributed by atoms with Gasteiger partial charge in [0.2, 0.25) is 0 Å². The molecule has 3 nitrogen and oxygen atoms in total. The first kappa shape index (κ1) is 13.8. The van der Waals surface area contributed by atoms with Crippen LogP contribution in [0.4, 0.5) is 5.82 Å². The molecule has 2 heterocycles. The standard InChI is InChI=1S/C16H23N3S/c1-4-11-5-7-12(8-6-11)15-18-14(17)13-9(2)10(3)20-16(13)19-15/h11-12H,4-8H2,1-3H3,(H2,17,18,19). The van der Waals surface area contributed by atoms with E-state index in [0.717, 1.165) is 22.0 Å². The van der Waals surface area contributed by atoms with Crippen molar-refractivity contribution in [1.82, 2.24) is 9.97 Å². The summed E-state index contributed by atoms with van der Waals surface area (Å²) in [5.74, 6) is 3.06. The molecule has 1 fully saturated rings. The van der Waals surface area contributed by atoms with Crippen molar-refractivity contribution in [1.29, 1.82) is 0 Å². The lowest BCUT2D eigenvalue weighted by Crippen LogP contribution is -2.15. The molecule has 4 heteroatoms. The van der Waals surface area contributed by atoms with Crippen LogP contribution in [0, 0.1) is 19.8 Å². The molecule has 1 aliphatic rings. The van der Waals surface area contributed by atoms with E-state index >= 15 is 0 Å². The SMILES string of the molecule is CCC1CCC(c2nc(N)c3c(C)c(C)sc3n2)CC1. The second-order valence-electron chi connectivity index (χ2n) is 6.06. The largest absolute Gasteiger partial charge is 0.383 e. The Morgan fingerprint density at radius 3 is 2.50 bits per heavy atom. The highest BCUT2D eigenvalue weighted by Crippen LogP contribution is 2.38. The number of thiophene rings is 1. The van der Waals surface area contributed by atoms with Crippen molar-refractivity contribution >= 4 is 27.4 Å². The van der Waals surface area contributed by atoms with Crippen molar-refractivity contribution in [2.75, 3.05) is 5.73 Å². The average molecular weight is 289 g/mol. The van der Waals surface area contributed by atoms with Crippen LogP contribution in [0.25, 0.3) is 10.2 Å². The minimum absolute atomic E-state index is 0.507. The Balaban J connectivity index is 1.93. The molecule has 0 unspecified atom stereocenters. The number of nitrogens with two attached hydrogens (primary N) is 1. The van der Waals surface area contributed by atoms with Gasteiger partial charge in [-0.3, -0.25) is 0 Å². The maximum Gasteiger partial charge on any atom is 0.136 e. The summed E-state index contributed by atoms with van der Waals surface area (Å²) < 4.78 is 0. The van der Waals surface area contributed by atoms with Crippen LogP contribution < -0.4 is 5.73 Å². The van der Waals surface area contributed by atoms with Crippen LogP contribution in [-0.2, 0) is 0 Å². The fourth-order valence-corrected chi connectivity index (χ4v) is 4.35. The molecule has 0 aliphatic heterocycles. The third-order valence-corrected chi connectivity index (χ3v) is 5.96. The van der Waals surface area contributed by atoms with Gasteiger partial charge >= 0.3 is 0 Å². The zero-order valence-electron chi connectivity index (χ0n) is 12.6. The van der Waals surface area contributed by atoms with Crippen molar-refractivity contribution < 1.29 is 0 Å². The molecule has 3 rings (SSSR count). The Kier molecular flexibility index (Phi) is 3.67. The van der Waals surface area contributed by atoms with Crippen molar-refractivity contribution in [2.24, 2.45) is 5.92 Å². The summed E-state index contributed by atoms with van der Waals surface area (Å²) in [5, 5.41) is 1.07. The molecule has 20 heavy (non-hydrogen) atoms. The molecule has 0 aromatic carbocycles. The van der Waals surface area contributed by atoms with Crippen molar-refractivity contribution in [3.8, 4) is 0 Å². The van der Waals surface area contributed by atoms with E-state index in [2.05, 4.69) is 25.8 Å². The average Bonchev–Trinajstić information content (AvgIpc) is 2.74. The van der Waals surface area contributed by atoms with Crippen LogP contribution in [0.1, 0.15) is 61.2 Å². The number of rotatable bonds is 2. The Hall–Kier alpha value is -1.16. The highest BCUT2D eigenvalue weighted by molar-refractivity contribution is 7.18. The molecule has 1 aliphatic carbocycles. The molecule has 108 valence electrons. The van der Waals surface area contributed by atoms with Crippen molar-refractivity contribution in [3.63, 3.8) is 0 Å². The van der Waals surface area contributed by atoms with Crippen molar-refractivity contribution in [3.05, 3.63) is 16.3 Å². The molecule has 2 N–H and O–H groups in total. The minimum Gasteiger partial charge on any atom is -0.383 e. The number of hydrogen-bond donors (Lipinski definition) is 1. The molecular weight excluding hydrogens is 266 g/mol. The highest BCUT2D eigenvalue weighted by Gasteiger charge is 2.24. The fraction of sp³-hybridized carbons (Fsp3) is 0.625. The van der Waals surface area contributed by atoms with Gasteiger partial charge in [0.15, 0.2) is 0 Å². The predicted molar refractivity (Wildman–Crippen MR) is 86.3 cm³/mol. The van der Waals surface area contributed by atoms with Gasteiger partial charge in [0.25, 0.3) is 0 Å². The molecular formula is C16H23N3S. The van der Waals surface area contributed by atoms with E-state index in [9.17, 15) is 0 Å². The molecule has 0 atom stereocenters. The number of aromatic nitrogens is 2. The third-order valence-electron chi connectivity index (χ3n) is 4.86. The number of fused-ring (bicyclic) bond motifs is 1. The first-order valence-corrected chi connectivity index (χ1v) is 8.44. The summed E-state index contributed by atoms with van der Waals surface area (Å²) in [6, 6.07) is 0. The Bertz CT molecular complexity index is 624. The zero-order chi connectivity index (χ0) is 14.3. The summed E-state index contributed by atoms with van der Waals surface area (Å²) in [6.45, 7) is 6.54. The predicted octanol–water partition coefficient (Wildman–Crippen LogP) is 4.57. The van der Waals surface area contributed by atoms with Gasteiger partial charge in [-0.15, -0.1) is 11.3 Å². The summed E-state index contributed by atoms with van der Waals surface area (Å²) in [6.07, 6.45) is 6.35. The third kappa shape index (κ3) is 2.30. The van der Waals surface area contributed by atoms with E-state index in [-0.39, 0.29) is 0 Å². The van der Waals surface area contributed by atoms with Gasteiger partial charge in [-0.25, -0.2) is 9.97 Å². The van der Waals surface area contributed by atoms with Gasteiger partial charge in [-0.05, 0) is 51.0 Å². The maximum atomic E-state index is 6.19. The summed E-state index contributed by atoms with van der Waals surface area (Å²) in [5.41, 5.74) is 7.43.